The van der Waals surface area contributed by atoms with Crippen LogP contribution in [0.25, 0.3) is 44.8 Å². The first-order chi connectivity index (χ1) is 41.2. The Morgan fingerprint density at radius 1 is 0.506 bits per heavy atom. The number of amides is 2. The Bertz CT molecular complexity index is 3350. The Balaban J connectivity index is 0.000000275. The Morgan fingerprint density at radius 3 is 1.15 bits per heavy atom. The van der Waals surface area contributed by atoms with Crippen molar-refractivity contribution in [3.63, 3.8) is 0 Å². The molecule has 4 aromatic heterocycles. The molecule has 87 heavy (non-hydrogen) atoms. The molecule has 8 rings (SSSR count). The number of carboxylic acid groups (broad SMARTS) is 2. The number of carbonyl (C=O) groups is 4. The maximum Gasteiger partial charge on any atom is 2.00 e. The number of rotatable bonds is 26. The van der Waals surface area contributed by atoms with Gasteiger partial charge in [-0.05, 0) is 157 Å². The Kier molecular flexibility index (Phi) is 25.3. The van der Waals surface area contributed by atoms with Crippen LogP contribution in [-0.2, 0) is 22.7 Å². The van der Waals surface area contributed by atoms with Gasteiger partial charge in [0.1, 0.15) is 23.1 Å². The number of ether oxygens (including phenoxy) is 2. The van der Waals surface area contributed by atoms with Gasteiger partial charge in [-0.25, -0.2) is 8.78 Å². The van der Waals surface area contributed by atoms with E-state index in [1.165, 1.54) is 38.5 Å². The molecule has 4 aromatic carbocycles. The fourth-order valence-electron chi connectivity index (χ4n) is 10.7. The number of carboxylic acids is 2. The van der Waals surface area contributed by atoms with Crippen molar-refractivity contribution in [2.75, 3.05) is 24.9 Å². The minimum absolute atomic E-state index is 0. The summed E-state index contributed by atoms with van der Waals surface area (Å²) in [5, 5.41) is 69.4. The van der Waals surface area contributed by atoms with E-state index in [-0.39, 0.29) is 100 Å². The van der Waals surface area contributed by atoms with E-state index in [2.05, 4.69) is 20.6 Å². The monoisotopic (exact) mass is 1220 g/mol. The largest absolute Gasteiger partial charge is 2.00 e. The van der Waals surface area contributed by atoms with E-state index in [1.807, 2.05) is 36.8 Å². The van der Waals surface area contributed by atoms with Gasteiger partial charge in [-0.2, -0.15) is 0 Å². The molecule has 0 radical (unpaired) electrons. The van der Waals surface area contributed by atoms with Crippen molar-refractivity contribution < 1.29 is 68.1 Å². The third kappa shape index (κ3) is 17.7. The minimum Gasteiger partial charge on any atom is -0.550 e. The average Bonchev–Trinajstić information content (AvgIpc) is 1.67. The number of methoxy groups -OCH3 is 2. The zero-order valence-corrected chi connectivity index (χ0v) is 51.5. The zero-order chi connectivity index (χ0) is 62.2. The van der Waals surface area contributed by atoms with Gasteiger partial charge in [0.25, 0.3) is 11.8 Å². The van der Waals surface area contributed by atoms with Crippen LogP contribution in [0.4, 0.5) is 20.2 Å². The van der Waals surface area contributed by atoms with Crippen molar-refractivity contribution >= 4 is 72.9 Å². The average molecular weight is 1220 g/mol. The van der Waals surface area contributed by atoms with Crippen LogP contribution < -0.4 is 30.3 Å². The van der Waals surface area contributed by atoms with Crippen LogP contribution in [0.3, 0.4) is 0 Å². The van der Waals surface area contributed by atoms with E-state index >= 15 is 0 Å². The molecule has 0 aliphatic rings. The number of aliphatic hydroxyl groups is 4. The van der Waals surface area contributed by atoms with Gasteiger partial charge in [-0.1, -0.05) is 52.0 Å². The van der Waals surface area contributed by atoms with Gasteiger partial charge in [-0.15, -0.1) is 0 Å². The maximum atomic E-state index is 14.2. The quantitative estimate of drug-likeness (QED) is 0.0278. The van der Waals surface area contributed by atoms with Crippen LogP contribution in [0.5, 0.6) is 11.5 Å². The summed E-state index contributed by atoms with van der Waals surface area (Å²) in [4.78, 5) is 58.6. The number of halogens is 2. The Hall–Kier alpha value is -7.82. The van der Waals surface area contributed by atoms with Gasteiger partial charge < -0.3 is 69.5 Å². The van der Waals surface area contributed by atoms with E-state index < -0.39 is 60.8 Å². The molecule has 18 nitrogen and oxygen atoms in total. The molecule has 0 fully saturated rings. The second-order valence-electron chi connectivity index (χ2n) is 21.2. The molecule has 4 heterocycles. The summed E-state index contributed by atoms with van der Waals surface area (Å²) in [6, 6.07) is 33.2. The standard InChI is InChI=1S/2C33H36FN3O6.Ca/c2*1-20(2)31-30(33(42)36-26-6-4-5-7-27(26)43-3)29(21-12-15-35-16-13-21)32(22-8-10-23(34)11-9-22)37(31)17-14-24(38)18-25(39)19-28(40)41;/h2*4-13,15-16,20,24-25,38-39H,14,17-19H2,1-3H3,(H,36,42)(H,40,41);/q;;+2/p-2/t2*24-,25-;/m11./s1. The fraction of sp³-hybridized carbons (Fsp3) is 0.303. The minimum atomic E-state index is -1.40. The molecule has 0 saturated carbocycles. The van der Waals surface area contributed by atoms with Gasteiger partial charge in [0.05, 0.1) is 72.5 Å². The van der Waals surface area contributed by atoms with Crippen molar-refractivity contribution in [3.05, 3.63) is 180 Å². The number of carbonyl (C=O) groups excluding carboxylic acids is 4. The summed E-state index contributed by atoms with van der Waals surface area (Å²) >= 11 is 0. The second kappa shape index (κ2) is 32.2. The Labute approximate surface area is 533 Å². The number of anilines is 2. The molecule has 0 unspecified atom stereocenters. The van der Waals surface area contributed by atoms with Crippen LogP contribution >= 0.6 is 0 Å². The molecule has 0 bridgehead atoms. The molecular weight excluding hydrogens is 1150 g/mol. The molecule has 2 amide bonds. The van der Waals surface area contributed by atoms with Crippen molar-refractivity contribution in [1.82, 2.24) is 19.1 Å². The number of nitrogens with one attached hydrogen (secondary N) is 2. The van der Waals surface area contributed by atoms with Gasteiger partial charge >= 0.3 is 37.7 Å². The number of para-hydroxylation sites is 4. The van der Waals surface area contributed by atoms with Crippen LogP contribution in [0, 0.1) is 11.6 Å². The zero-order valence-electron chi connectivity index (χ0n) is 49.3. The van der Waals surface area contributed by atoms with Crippen molar-refractivity contribution in [2.45, 2.75) is 116 Å². The molecule has 0 aliphatic carbocycles. The van der Waals surface area contributed by atoms with Crippen LogP contribution in [-0.4, -0.2) is 140 Å². The number of aliphatic carboxylic acids is 2. The van der Waals surface area contributed by atoms with E-state index in [4.69, 9.17) is 9.47 Å². The smallest absolute Gasteiger partial charge is 0.550 e. The summed E-state index contributed by atoms with van der Waals surface area (Å²) in [6.07, 6.45) is 0.721. The fourth-order valence-corrected chi connectivity index (χ4v) is 10.7. The van der Waals surface area contributed by atoms with E-state index in [0.717, 1.165) is 0 Å². The van der Waals surface area contributed by atoms with Crippen molar-refractivity contribution in [2.24, 2.45) is 0 Å². The predicted octanol–water partition coefficient (Wildman–Crippen LogP) is 8.38. The van der Waals surface area contributed by atoms with Crippen molar-refractivity contribution in [3.8, 4) is 56.3 Å². The summed E-state index contributed by atoms with van der Waals surface area (Å²) in [5.41, 5.74) is 8.36. The normalized spacial score (nSPS) is 12.5. The van der Waals surface area contributed by atoms with Gasteiger partial charge in [-0.3, -0.25) is 19.6 Å². The van der Waals surface area contributed by atoms with Gasteiger partial charge in [0.15, 0.2) is 0 Å². The third-order valence-corrected chi connectivity index (χ3v) is 14.3. The third-order valence-electron chi connectivity index (χ3n) is 14.3. The molecule has 0 saturated heterocycles. The molecule has 8 aromatic rings. The first-order valence-corrected chi connectivity index (χ1v) is 28.1. The number of hydrogen-bond donors (Lipinski definition) is 6. The predicted molar refractivity (Wildman–Crippen MR) is 324 cm³/mol. The molecular formula is C66H70CaF2N6O12. The number of aromatic nitrogens is 4. The van der Waals surface area contributed by atoms with Crippen molar-refractivity contribution in [1.29, 1.82) is 0 Å². The summed E-state index contributed by atoms with van der Waals surface area (Å²) in [6.45, 7) is 8.26. The van der Waals surface area contributed by atoms with Crippen LogP contribution in [0.1, 0.15) is 110 Å². The SMILES string of the molecule is COc1ccccc1NC(=O)c1c(-c2ccncc2)c(-c2ccc(F)cc2)n(CC[C@@H](O)C[C@@H](O)CC(=O)[O-])c1C(C)C.COc1ccccc1NC(=O)c1c(-c2ccncc2)c(-c2ccc(F)cc2)n(CC[C@@H](O)C[C@@H](O)CC(=O)[O-])c1C(C)C.[Ca+2]. The van der Waals surface area contributed by atoms with E-state index in [0.29, 0.717) is 90.2 Å². The summed E-state index contributed by atoms with van der Waals surface area (Å²) in [7, 11) is 3.04. The topological polar surface area (TPSA) is 273 Å². The number of benzene rings is 4. The number of pyridine rings is 2. The van der Waals surface area contributed by atoms with Crippen LogP contribution in [0.2, 0.25) is 0 Å². The number of nitrogens with zero attached hydrogens (tertiary/aromatic N) is 4. The van der Waals surface area contributed by atoms with Crippen LogP contribution in [0.15, 0.2) is 146 Å². The molecule has 0 aliphatic heterocycles. The van der Waals surface area contributed by atoms with Gasteiger partial charge in [0.2, 0.25) is 0 Å². The van der Waals surface area contributed by atoms with Gasteiger partial charge in [0, 0.05) is 85.2 Å². The number of aliphatic hydroxyl groups excluding tert-OH is 4. The molecule has 21 heteroatoms. The summed E-state index contributed by atoms with van der Waals surface area (Å²) in [5.74, 6) is -3.77. The summed E-state index contributed by atoms with van der Waals surface area (Å²) < 4.78 is 42.9. The maximum absolute atomic E-state index is 14.2. The molecule has 4 atom stereocenters. The Morgan fingerprint density at radius 2 is 0.839 bits per heavy atom. The number of hydrogen-bond acceptors (Lipinski definition) is 14. The molecule has 6 N–H and O–H groups in total. The van der Waals surface area contributed by atoms with E-state index in [9.17, 15) is 58.6 Å². The van der Waals surface area contributed by atoms with E-state index in [1.54, 1.807) is 122 Å². The molecule has 452 valence electrons. The molecule has 0 spiro atoms. The first kappa shape index (κ1) is 68.3. The first-order valence-electron chi connectivity index (χ1n) is 28.1. The second-order valence-corrected chi connectivity index (χ2v) is 21.2.